The molecule has 1 aromatic carbocycles. The number of carbonyl (C=O) groups is 1. The molecule has 2 aromatic rings. The van der Waals surface area contributed by atoms with Crippen molar-refractivity contribution >= 4 is 5.91 Å². The third-order valence-corrected chi connectivity index (χ3v) is 2.52. The molecule has 0 atom stereocenters. The highest BCUT2D eigenvalue weighted by Gasteiger charge is 2.04. The molecule has 1 heterocycles. The molecule has 0 spiro atoms. The molecule has 1 amide bonds. The van der Waals surface area contributed by atoms with Gasteiger partial charge in [0.25, 0.3) is 5.91 Å². The van der Waals surface area contributed by atoms with Crippen molar-refractivity contribution in [3.8, 4) is 0 Å². The number of rotatable bonds is 4. The van der Waals surface area contributed by atoms with Gasteiger partial charge in [-0.25, -0.2) is 0 Å². The van der Waals surface area contributed by atoms with Gasteiger partial charge < -0.3 is 11.5 Å². The zero-order chi connectivity index (χ0) is 12.3. The fourth-order valence-corrected chi connectivity index (χ4v) is 1.55. The van der Waals surface area contributed by atoms with Gasteiger partial charge >= 0.3 is 0 Å². The first-order valence-corrected chi connectivity index (χ1v) is 5.29. The van der Waals surface area contributed by atoms with E-state index in [0.29, 0.717) is 18.7 Å². The van der Waals surface area contributed by atoms with E-state index in [2.05, 4.69) is 5.10 Å². The van der Waals surface area contributed by atoms with Crippen molar-refractivity contribution < 1.29 is 4.79 Å². The van der Waals surface area contributed by atoms with E-state index in [1.165, 1.54) is 6.20 Å². The third-order valence-electron chi connectivity index (χ3n) is 2.52. The maximum absolute atomic E-state index is 10.9. The van der Waals surface area contributed by atoms with Crippen molar-refractivity contribution in [2.45, 2.75) is 13.1 Å². The predicted octanol–water partition coefficient (Wildman–Crippen LogP) is 0.489. The molecule has 0 aliphatic carbocycles. The lowest BCUT2D eigenvalue weighted by molar-refractivity contribution is 0.1000. The molecule has 88 valence electrons. The summed E-state index contributed by atoms with van der Waals surface area (Å²) >= 11 is 0. The van der Waals surface area contributed by atoms with Gasteiger partial charge in [-0.05, 0) is 11.1 Å². The lowest BCUT2D eigenvalue weighted by atomic mass is 10.1. The Kier molecular flexibility index (Phi) is 3.20. The van der Waals surface area contributed by atoms with Gasteiger partial charge in [-0.15, -0.1) is 0 Å². The predicted molar refractivity (Wildman–Crippen MR) is 64.2 cm³/mol. The quantitative estimate of drug-likeness (QED) is 0.801. The molecule has 5 heteroatoms. The highest BCUT2D eigenvalue weighted by atomic mass is 16.1. The van der Waals surface area contributed by atoms with Gasteiger partial charge in [-0.2, -0.15) is 5.10 Å². The lowest BCUT2D eigenvalue weighted by Gasteiger charge is -2.03. The molecular weight excluding hydrogens is 216 g/mol. The zero-order valence-corrected chi connectivity index (χ0v) is 9.34. The summed E-state index contributed by atoms with van der Waals surface area (Å²) in [6.45, 7) is 1.14. The normalized spacial score (nSPS) is 10.4. The topological polar surface area (TPSA) is 86.9 Å². The maximum atomic E-state index is 10.9. The summed E-state index contributed by atoms with van der Waals surface area (Å²) in [4.78, 5) is 10.9. The number of aromatic nitrogens is 2. The standard InChI is InChI=1S/C12H14N4O/c13-5-9-1-3-10(4-2-9)7-16-8-11(6-15-16)12(14)17/h1-4,6,8H,5,7,13H2,(H2,14,17). The van der Waals surface area contributed by atoms with Crippen LogP contribution < -0.4 is 11.5 Å². The molecule has 0 saturated heterocycles. The number of nitrogens with two attached hydrogens (primary N) is 2. The van der Waals surface area contributed by atoms with Crippen molar-refractivity contribution in [1.82, 2.24) is 9.78 Å². The molecular formula is C12H14N4O. The summed E-state index contributed by atoms with van der Waals surface area (Å²) < 4.78 is 1.68. The van der Waals surface area contributed by atoms with Crippen LogP contribution in [-0.4, -0.2) is 15.7 Å². The van der Waals surface area contributed by atoms with Crippen molar-refractivity contribution in [2.75, 3.05) is 0 Å². The minimum atomic E-state index is -0.463. The Bertz CT molecular complexity index is 516. The second-order valence-electron chi connectivity index (χ2n) is 3.81. The van der Waals surface area contributed by atoms with Gasteiger partial charge in [-0.3, -0.25) is 9.48 Å². The highest BCUT2D eigenvalue weighted by Crippen LogP contribution is 2.06. The number of primary amides is 1. The Morgan fingerprint density at radius 3 is 2.41 bits per heavy atom. The SMILES string of the molecule is NCc1ccc(Cn2cc(C(N)=O)cn2)cc1. The number of nitrogens with zero attached hydrogens (tertiary/aromatic N) is 2. The first kappa shape index (κ1) is 11.3. The second-order valence-corrected chi connectivity index (χ2v) is 3.81. The van der Waals surface area contributed by atoms with Crippen LogP contribution in [0.3, 0.4) is 0 Å². The number of carbonyl (C=O) groups excluding carboxylic acids is 1. The smallest absolute Gasteiger partial charge is 0.251 e. The monoisotopic (exact) mass is 230 g/mol. The molecule has 0 bridgehead atoms. The van der Waals surface area contributed by atoms with Gasteiger partial charge in [0.05, 0.1) is 18.3 Å². The largest absolute Gasteiger partial charge is 0.366 e. The first-order chi connectivity index (χ1) is 8.19. The Hall–Kier alpha value is -2.14. The summed E-state index contributed by atoms with van der Waals surface area (Å²) in [6, 6.07) is 7.95. The van der Waals surface area contributed by atoms with E-state index in [1.807, 2.05) is 24.3 Å². The van der Waals surface area contributed by atoms with Crippen LogP contribution in [0.4, 0.5) is 0 Å². The van der Waals surface area contributed by atoms with E-state index in [9.17, 15) is 4.79 Å². The summed E-state index contributed by atoms with van der Waals surface area (Å²) in [7, 11) is 0. The fraction of sp³-hybridized carbons (Fsp3) is 0.167. The first-order valence-electron chi connectivity index (χ1n) is 5.29. The lowest BCUT2D eigenvalue weighted by Crippen LogP contribution is -2.09. The molecule has 17 heavy (non-hydrogen) atoms. The van der Waals surface area contributed by atoms with E-state index in [-0.39, 0.29) is 0 Å². The molecule has 0 aliphatic heterocycles. The number of amides is 1. The van der Waals surface area contributed by atoms with Gasteiger partial charge in [0.15, 0.2) is 0 Å². The highest BCUT2D eigenvalue weighted by molar-refractivity contribution is 5.92. The molecule has 5 nitrogen and oxygen atoms in total. The summed E-state index contributed by atoms with van der Waals surface area (Å²) in [5.41, 5.74) is 13.3. The molecule has 0 aliphatic rings. The van der Waals surface area contributed by atoms with Crippen molar-refractivity contribution in [2.24, 2.45) is 11.5 Å². The van der Waals surface area contributed by atoms with Crippen LogP contribution in [0.5, 0.6) is 0 Å². The van der Waals surface area contributed by atoms with Crippen LogP contribution in [0.1, 0.15) is 21.5 Å². The summed E-state index contributed by atoms with van der Waals surface area (Å²) in [5, 5.41) is 4.07. The molecule has 0 unspecified atom stereocenters. The molecule has 4 N–H and O–H groups in total. The van der Waals surface area contributed by atoms with E-state index < -0.39 is 5.91 Å². The summed E-state index contributed by atoms with van der Waals surface area (Å²) in [6.07, 6.45) is 3.11. The average Bonchev–Trinajstić information content (AvgIpc) is 2.79. The average molecular weight is 230 g/mol. The van der Waals surface area contributed by atoms with Crippen molar-refractivity contribution in [3.05, 3.63) is 53.3 Å². The maximum Gasteiger partial charge on any atom is 0.251 e. The Morgan fingerprint density at radius 1 is 1.24 bits per heavy atom. The zero-order valence-electron chi connectivity index (χ0n) is 9.34. The minimum absolute atomic E-state index is 0.420. The minimum Gasteiger partial charge on any atom is -0.366 e. The van der Waals surface area contributed by atoms with Crippen LogP contribution in [0, 0.1) is 0 Å². The Morgan fingerprint density at radius 2 is 1.88 bits per heavy atom. The number of hydrogen-bond acceptors (Lipinski definition) is 3. The molecule has 0 fully saturated rings. The van der Waals surface area contributed by atoms with E-state index in [4.69, 9.17) is 11.5 Å². The van der Waals surface area contributed by atoms with Crippen LogP contribution >= 0.6 is 0 Å². The molecule has 0 radical (unpaired) electrons. The van der Waals surface area contributed by atoms with Crippen LogP contribution in [-0.2, 0) is 13.1 Å². The van der Waals surface area contributed by atoms with Gasteiger partial charge in [0, 0.05) is 12.7 Å². The van der Waals surface area contributed by atoms with Gasteiger partial charge in [0.2, 0.25) is 0 Å². The van der Waals surface area contributed by atoms with E-state index in [1.54, 1.807) is 10.9 Å². The number of hydrogen-bond donors (Lipinski definition) is 2. The number of benzene rings is 1. The van der Waals surface area contributed by atoms with Gasteiger partial charge in [0.1, 0.15) is 0 Å². The van der Waals surface area contributed by atoms with Crippen LogP contribution in [0.15, 0.2) is 36.7 Å². The third kappa shape index (κ3) is 2.70. The van der Waals surface area contributed by atoms with Crippen molar-refractivity contribution in [3.63, 3.8) is 0 Å². The molecule has 1 aromatic heterocycles. The summed E-state index contributed by atoms with van der Waals surface area (Å²) in [5.74, 6) is -0.463. The molecule has 2 rings (SSSR count). The fourth-order valence-electron chi connectivity index (χ4n) is 1.55. The second kappa shape index (κ2) is 4.80. The Labute approximate surface area is 99.0 Å². The van der Waals surface area contributed by atoms with Gasteiger partial charge in [-0.1, -0.05) is 24.3 Å². The van der Waals surface area contributed by atoms with Crippen LogP contribution in [0.2, 0.25) is 0 Å². The molecule has 0 saturated carbocycles. The van der Waals surface area contributed by atoms with E-state index in [0.717, 1.165) is 11.1 Å². The van der Waals surface area contributed by atoms with Crippen molar-refractivity contribution in [1.29, 1.82) is 0 Å². The van der Waals surface area contributed by atoms with Crippen LogP contribution in [0.25, 0.3) is 0 Å². The Balaban J connectivity index is 2.11. The van der Waals surface area contributed by atoms with E-state index >= 15 is 0 Å².